The lowest BCUT2D eigenvalue weighted by Gasteiger charge is -2.15. The molecule has 0 aliphatic carbocycles. The first-order valence-corrected chi connectivity index (χ1v) is 9.23. The van der Waals surface area contributed by atoms with E-state index in [1.165, 1.54) is 11.0 Å². The van der Waals surface area contributed by atoms with Crippen LogP contribution in [0.4, 0.5) is 20.7 Å². The molecule has 2 N–H and O–H groups in total. The van der Waals surface area contributed by atoms with E-state index < -0.39 is 18.0 Å². The summed E-state index contributed by atoms with van der Waals surface area (Å²) in [7, 11) is 3.65. The van der Waals surface area contributed by atoms with Crippen molar-refractivity contribution in [3.63, 3.8) is 0 Å². The van der Waals surface area contributed by atoms with Crippen LogP contribution in [0.15, 0.2) is 41.5 Å². The van der Waals surface area contributed by atoms with Gasteiger partial charge in [-0.2, -0.15) is 0 Å². The average molecular weight is 401 g/mol. The molecule has 29 heavy (non-hydrogen) atoms. The van der Waals surface area contributed by atoms with Crippen molar-refractivity contribution in [1.29, 1.82) is 0 Å². The Morgan fingerprint density at radius 3 is 2.90 bits per heavy atom. The van der Waals surface area contributed by atoms with E-state index in [4.69, 9.17) is 9.84 Å². The minimum atomic E-state index is -0.594. The van der Waals surface area contributed by atoms with Crippen LogP contribution in [0.2, 0.25) is 0 Å². The number of aliphatic imine (C=N–C) groups is 1. The third-order valence-corrected chi connectivity index (χ3v) is 4.50. The van der Waals surface area contributed by atoms with Gasteiger partial charge in [0.05, 0.1) is 25.2 Å². The van der Waals surface area contributed by atoms with E-state index in [0.29, 0.717) is 29.2 Å². The zero-order chi connectivity index (χ0) is 20.8. The molecule has 0 saturated carbocycles. The van der Waals surface area contributed by atoms with Gasteiger partial charge in [-0.15, -0.1) is 0 Å². The minimum absolute atomic E-state index is 0.190. The first kappa shape index (κ1) is 20.5. The number of pyridine rings is 1. The highest BCUT2D eigenvalue weighted by Gasteiger charge is 2.32. The van der Waals surface area contributed by atoms with E-state index in [-0.39, 0.29) is 13.2 Å². The van der Waals surface area contributed by atoms with Crippen LogP contribution < -0.4 is 10.2 Å². The SMILES string of the molecule is CN=CN(C)CCNc1ccc(-c2ccc(N3CC(CO)OC3=O)cc2F)cn1. The summed E-state index contributed by atoms with van der Waals surface area (Å²) in [6, 6.07) is 8.12. The third-order valence-electron chi connectivity index (χ3n) is 4.50. The van der Waals surface area contributed by atoms with E-state index in [1.54, 1.807) is 43.8 Å². The number of aliphatic hydroxyl groups excluding tert-OH is 1. The number of carbonyl (C=O) groups is 1. The molecule has 0 radical (unpaired) electrons. The second kappa shape index (κ2) is 9.33. The summed E-state index contributed by atoms with van der Waals surface area (Å²) in [5.74, 6) is 0.230. The van der Waals surface area contributed by atoms with Gasteiger partial charge in [-0.1, -0.05) is 0 Å². The topological polar surface area (TPSA) is 90.3 Å². The Labute approximate surface area is 168 Å². The van der Waals surface area contributed by atoms with Gasteiger partial charge in [0.1, 0.15) is 17.7 Å². The number of benzene rings is 1. The molecule has 0 bridgehead atoms. The number of hydrogen-bond donors (Lipinski definition) is 2. The Hall–Kier alpha value is -3.20. The highest BCUT2D eigenvalue weighted by molar-refractivity contribution is 5.90. The molecule has 1 aliphatic heterocycles. The number of nitrogens with one attached hydrogen (secondary N) is 1. The van der Waals surface area contributed by atoms with E-state index >= 15 is 0 Å². The number of anilines is 2. The Kier molecular flexibility index (Phi) is 6.61. The van der Waals surface area contributed by atoms with Crippen molar-refractivity contribution in [2.45, 2.75) is 6.10 Å². The fraction of sp³-hybridized carbons (Fsp3) is 0.350. The molecule has 1 fully saturated rings. The molecule has 154 valence electrons. The quantitative estimate of drug-likeness (QED) is 0.521. The van der Waals surface area contributed by atoms with Crippen molar-refractivity contribution in [1.82, 2.24) is 9.88 Å². The number of amides is 1. The van der Waals surface area contributed by atoms with Gasteiger partial charge in [0.2, 0.25) is 0 Å². The molecule has 3 rings (SSSR count). The molecule has 1 aromatic heterocycles. The van der Waals surface area contributed by atoms with Crippen molar-refractivity contribution in [2.24, 2.45) is 4.99 Å². The summed E-state index contributed by atoms with van der Waals surface area (Å²) in [5, 5.41) is 12.3. The number of halogens is 1. The number of likely N-dealkylation sites (N-methyl/N-ethyl adjacent to an activating group) is 1. The second-order valence-corrected chi connectivity index (χ2v) is 6.68. The average Bonchev–Trinajstić information content (AvgIpc) is 3.10. The second-order valence-electron chi connectivity index (χ2n) is 6.68. The number of hydrogen-bond acceptors (Lipinski definition) is 6. The van der Waals surface area contributed by atoms with Gasteiger partial charge in [-0.3, -0.25) is 9.89 Å². The summed E-state index contributed by atoms with van der Waals surface area (Å²) in [6.07, 6.45) is 2.16. The number of rotatable bonds is 8. The van der Waals surface area contributed by atoms with Crippen LogP contribution >= 0.6 is 0 Å². The summed E-state index contributed by atoms with van der Waals surface area (Å²) in [5.41, 5.74) is 1.41. The van der Waals surface area contributed by atoms with Crippen LogP contribution in [-0.2, 0) is 4.74 Å². The van der Waals surface area contributed by atoms with Gasteiger partial charge in [-0.05, 0) is 30.3 Å². The van der Waals surface area contributed by atoms with E-state index in [2.05, 4.69) is 15.3 Å². The molecule has 2 aromatic rings. The van der Waals surface area contributed by atoms with Crippen LogP contribution in [0.25, 0.3) is 11.1 Å². The lowest BCUT2D eigenvalue weighted by Crippen LogP contribution is -2.25. The maximum Gasteiger partial charge on any atom is 0.414 e. The van der Waals surface area contributed by atoms with Gasteiger partial charge in [0, 0.05) is 44.5 Å². The third kappa shape index (κ3) is 5.00. The zero-order valence-electron chi connectivity index (χ0n) is 16.4. The smallest absolute Gasteiger partial charge is 0.414 e. The Morgan fingerprint density at radius 2 is 2.28 bits per heavy atom. The van der Waals surface area contributed by atoms with Gasteiger partial charge < -0.3 is 20.1 Å². The van der Waals surface area contributed by atoms with Crippen LogP contribution in [-0.4, -0.2) is 73.9 Å². The number of nitrogens with zero attached hydrogens (tertiary/aromatic N) is 4. The highest BCUT2D eigenvalue weighted by Crippen LogP contribution is 2.29. The van der Waals surface area contributed by atoms with Gasteiger partial charge in [-0.25, -0.2) is 14.2 Å². The molecule has 2 heterocycles. The van der Waals surface area contributed by atoms with Crippen molar-refractivity contribution >= 4 is 23.9 Å². The monoisotopic (exact) mass is 401 g/mol. The van der Waals surface area contributed by atoms with Crippen LogP contribution in [0, 0.1) is 5.82 Å². The summed E-state index contributed by atoms with van der Waals surface area (Å²) >= 11 is 0. The molecule has 1 saturated heterocycles. The first-order chi connectivity index (χ1) is 14.0. The van der Waals surface area contributed by atoms with Gasteiger partial charge >= 0.3 is 6.09 Å². The zero-order valence-corrected chi connectivity index (χ0v) is 16.4. The maximum atomic E-state index is 14.7. The largest absolute Gasteiger partial charge is 0.441 e. The number of aliphatic hydroxyl groups is 1. The highest BCUT2D eigenvalue weighted by atomic mass is 19.1. The van der Waals surface area contributed by atoms with Gasteiger partial charge in [0.15, 0.2) is 0 Å². The molecule has 1 aliphatic rings. The first-order valence-electron chi connectivity index (χ1n) is 9.23. The van der Waals surface area contributed by atoms with Crippen molar-refractivity contribution in [3.05, 3.63) is 42.3 Å². The van der Waals surface area contributed by atoms with Crippen LogP contribution in [0.1, 0.15) is 0 Å². The molecule has 1 aromatic carbocycles. The van der Waals surface area contributed by atoms with E-state index in [1.807, 2.05) is 11.9 Å². The molecule has 0 spiro atoms. The van der Waals surface area contributed by atoms with E-state index in [9.17, 15) is 9.18 Å². The Morgan fingerprint density at radius 1 is 1.45 bits per heavy atom. The normalized spacial score (nSPS) is 16.3. The standard InChI is InChI=1S/C20H24FN5O3/c1-22-13-25(2)8-7-23-19-6-3-14(10-24-19)17-5-4-15(9-18(17)21)26-11-16(12-27)29-20(26)28/h3-6,9-10,13,16,27H,7-8,11-12H2,1-2H3,(H,23,24). The lowest BCUT2D eigenvalue weighted by atomic mass is 10.1. The van der Waals surface area contributed by atoms with Crippen molar-refractivity contribution in [2.75, 3.05) is 50.6 Å². The van der Waals surface area contributed by atoms with Crippen LogP contribution in [0.5, 0.6) is 0 Å². The minimum Gasteiger partial charge on any atom is -0.441 e. The van der Waals surface area contributed by atoms with E-state index in [0.717, 1.165) is 6.54 Å². The Balaban J connectivity index is 1.65. The number of aromatic nitrogens is 1. The molecule has 8 nitrogen and oxygen atoms in total. The summed E-state index contributed by atoms with van der Waals surface area (Å²) < 4.78 is 19.7. The van der Waals surface area contributed by atoms with Crippen molar-refractivity contribution < 1.29 is 19.0 Å². The number of cyclic esters (lactones) is 1. The van der Waals surface area contributed by atoms with Gasteiger partial charge in [0.25, 0.3) is 0 Å². The predicted molar refractivity (Wildman–Crippen MR) is 110 cm³/mol. The number of carbonyl (C=O) groups excluding carboxylic acids is 1. The molecule has 1 unspecified atom stereocenters. The van der Waals surface area contributed by atoms with Crippen molar-refractivity contribution in [3.8, 4) is 11.1 Å². The lowest BCUT2D eigenvalue weighted by molar-refractivity contribution is 0.0963. The number of ether oxygens (including phenoxy) is 1. The fourth-order valence-electron chi connectivity index (χ4n) is 3.01. The van der Waals surface area contributed by atoms with Crippen LogP contribution in [0.3, 0.4) is 0 Å². The molecular weight excluding hydrogens is 377 g/mol. The molecule has 1 amide bonds. The predicted octanol–water partition coefficient (Wildman–Crippen LogP) is 2.21. The molecule has 9 heteroatoms. The summed E-state index contributed by atoms with van der Waals surface area (Å²) in [6.45, 7) is 1.39. The Bertz CT molecular complexity index is 875. The fourth-order valence-corrected chi connectivity index (χ4v) is 3.01. The molecule has 1 atom stereocenters. The maximum absolute atomic E-state index is 14.7. The summed E-state index contributed by atoms with van der Waals surface area (Å²) in [4.78, 5) is 23.4. The molecular formula is C20H24FN5O3.